The van der Waals surface area contributed by atoms with Crippen molar-refractivity contribution < 1.29 is 40.2 Å². The van der Waals surface area contributed by atoms with Crippen molar-refractivity contribution in [1.29, 1.82) is 0 Å². The number of ether oxygens (including phenoxy) is 2. The molecule has 212 valence electrons. The van der Waals surface area contributed by atoms with Crippen LogP contribution in [0.1, 0.15) is 40.8 Å². The second-order valence-electron chi connectivity index (χ2n) is 9.23. The molecule has 13 heteroatoms. The largest absolute Gasteiger partial charge is 0.461 e. The van der Waals surface area contributed by atoms with Gasteiger partial charge >= 0.3 is 6.18 Å². The highest BCUT2D eigenvalue weighted by Crippen LogP contribution is 2.42. The number of anilines is 1. The predicted molar refractivity (Wildman–Crippen MR) is 138 cm³/mol. The Morgan fingerprint density at radius 2 is 1.82 bits per heavy atom. The standard InChI is InChI=1S/C27H25F4N3O5S/c1-16-6-4-5-7-20(16)26(24-14-38-15-39-24,19-9-11-23(32-13-19)27(29,30)31)33-25(35)17(2)18-8-10-22(21(28)12-18)34-40(3,36)37/h4-14,17,34H,15H2,1-3H3,(H,33,35). The third kappa shape index (κ3) is 5.88. The zero-order chi connectivity index (χ0) is 29.3. The normalized spacial score (nSPS) is 15.7. The molecule has 0 fully saturated rings. The number of halogens is 4. The number of alkyl halides is 3. The first-order chi connectivity index (χ1) is 18.7. The topological polar surface area (TPSA) is 107 Å². The number of pyridine rings is 1. The maximum atomic E-state index is 14.7. The molecule has 0 spiro atoms. The van der Waals surface area contributed by atoms with Gasteiger partial charge in [-0.1, -0.05) is 36.4 Å². The molecule has 3 aromatic rings. The van der Waals surface area contributed by atoms with Crippen LogP contribution in [0.2, 0.25) is 0 Å². The SMILES string of the molecule is Cc1ccccc1C(NC(=O)C(C)c1ccc(NS(C)(=O)=O)c(F)c1)(C1=COCO1)c1ccc(C(F)(F)F)nc1. The lowest BCUT2D eigenvalue weighted by Crippen LogP contribution is -2.50. The monoisotopic (exact) mass is 579 g/mol. The Bertz CT molecular complexity index is 1560. The smallest absolute Gasteiger partial charge is 0.433 e. The van der Waals surface area contributed by atoms with E-state index in [0.29, 0.717) is 11.1 Å². The molecule has 0 saturated carbocycles. The van der Waals surface area contributed by atoms with Crippen molar-refractivity contribution in [1.82, 2.24) is 10.3 Å². The van der Waals surface area contributed by atoms with E-state index in [1.165, 1.54) is 31.4 Å². The Hall–Kier alpha value is -4.13. The summed E-state index contributed by atoms with van der Waals surface area (Å²) in [5, 5.41) is 2.91. The van der Waals surface area contributed by atoms with Crippen LogP contribution in [-0.4, -0.2) is 32.4 Å². The van der Waals surface area contributed by atoms with E-state index in [1.807, 2.05) is 0 Å². The Kier molecular flexibility index (Phi) is 7.79. The van der Waals surface area contributed by atoms with E-state index in [1.54, 1.807) is 31.2 Å². The molecular formula is C27H25F4N3O5S. The molecule has 1 amide bonds. The number of nitrogens with one attached hydrogen (secondary N) is 2. The Morgan fingerprint density at radius 1 is 1.10 bits per heavy atom. The maximum absolute atomic E-state index is 14.7. The van der Waals surface area contributed by atoms with E-state index < -0.39 is 45.1 Å². The molecule has 0 bridgehead atoms. The van der Waals surface area contributed by atoms with Crippen molar-refractivity contribution in [3.8, 4) is 0 Å². The predicted octanol–water partition coefficient (Wildman–Crippen LogP) is 4.93. The number of aryl methyl sites for hydroxylation is 1. The first-order valence-corrected chi connectivity index (χ1v) is 13.8. The molecule has 4 rings (SSSR count). The minimum atomic E-state index is -4.68. The molecule has 0 aliphatic carbocycles. The van der Waals surface area contributed by atoms with E-state index >= 15 is 0 Å². The van der Waals surface area contributed by atoms with Gasteiger partial charge in [-0.3, -0.25) is 14.5 Å². The lowest BCUT2D eigenvalue weighted by atomic mass is 9.79. The lowest BCUT2D eigenvalue weighted by Gasteiger charge is -2.37. The molecule has 2 aromatic carbocycles. The Morgan fingerprint density at radius 3 is 2.38 bits per heavy atom. The minimum Gasteiger partial charge on any atom is -0.461 e. The third-order valence-electron chi connectivity index (χ3n) is 6.37. The summed E-state index contributed by atoms with van der Waals surface area (Å²) in [7, 11) is -3.74. The van der Waals surface area contributed by atoms with Gasteiger partial charge < -0.3 is 14.8 Å². The number of hydrogen-bond acceptors (Lipinski definition) is 6. The molecule has 2 heterocycles. The average molecular weight is 580 g/mol. The van der Waals surface area contributed by atoms with Crippen molar-refractivity contribution in [3.05, 3.63) is 107 Å². The molecule has 1 aliphatic rings. The number of aromatic nitrogens is 1. The zero-order valence-electron chi connectivity index (χ0n) is 21.5. The summed E-state index contributed by atoms with van der Waals surface area (Å²) in [5.41, 5.74) is -1.54. The van der Waals surface area contributed by atoms with Gasteiger partial charge in [-0.2, -0.15) is 13.2 Å². The number of rotatable bonds is 8. The fourth-order valence-electron chi connectivity index (χ4n) is 4.37. The van der Waals surface area contributed by atoms with E-state index in [9.17, 15) is 30.8 Å². The van der Waals surface area contributed by atoms with Crippen LogP contribution in [0.15, 0.2) is 72.8 Å². The van der Waals surface area contributed by atoms with E-state index in [2.05, 4.69) is 15.0 Å². The van der Waals surface area contributed by atoms with Crippen LogP contribution in [0.4, 0.5) is 23.2 Å². The first-order valence-electron chi connectivity index (χ1n) is 11.9. The van der Waals surface area contributed by atoms with Gasteiger partial charge in [0.2, 0.25) is 22.7 Å². The summed E-state index contributed by atoms with van der Waals surface area (Å²) in [6.45, 7) is 3.07. The summed E-state index contributed by atoms with van der Waals surface area (Å²) in [6, 6.07) is 12.5. The fraction of sp³-hybridized carbons (Fsp3) is 0.259. The van der Waals surface area contributed by atoms with Crippen LogP contribution >= 0.6 is 0 Å². The molecule has 0 saturated heterocycles. The number of hydrogen-bond donors (Lipinski definition) is 2. The summed E-state index contributed by atoms with van der Waals surface area (Å²) < 4.78 is 90.6. The van der Waals surface area contributed by atoms with Gasteiger partial charge in [-0.05, 0) is 48.7 Å². The molecule has 40 heavy (non-hydrogen) atoms. The van der Waals surface area contributed by atoms with Gasteiger partial charge in [0.1, 0.15) is 17.8 Å². The number of amides is 1. The van der Waals surface area contributed by atoms with Crippen LogP contribution in [-0.2, 0) is 36.0 Å². The Balaban J connectivity index is 1.81. The Labute approximate surface area is 228 Å². The van der Waals surface area contributed by atoms with Gasteiger partial charge in [-0.25, -0.2) is 12.8 Å². The number of benzene rings is 2. The first kappa shape index (κ1) is 28.9. The molecule has 1 aliphatic heterocycles. The van der Waals surface area contributed by atoms with Gasteiger partial charge in [0.15, 0.2) is 11.3 Å². The average Bonchev–Trinajstić information content (AvgIpc) is 3.43. The quantitative estimate of drug-likeness (QED) is 0.367. The second kappa shape index (κ2) is 10.8. The molecule has 8 nitrogen and oxygen atoms in total. The maximum Gasteiger partial charge on any atom is 0.433 e. The molecule has 2 atom stereocenters. The number of nitrogens with zero attached hydrogens (tertiary/aromatic N) is 1. The van der Waals surface area contributed by atoms with Crippen molar-refractivity contribution in [3.63, 3.8) is 0 Å². The van der Waals surface area contributed by atoms with Crippen LogP contribution in [0, 0.1) is 12.7 Å². The van der Waals surface area contributed by atoms with Gasteiger partial charge in [0.25, 0.3) is 0 Å². The van der Waals surface area contributed by atoms with Crippen molar-refractivity contribution >= 4 is 21.6 Å². The van der Waals surface area contributed by atoms with E-state index in [4.69, 9.17) is 9.47 Å². The summed E-state index contributed by atoms with van der Waals surface area (Å²) in [5.74, 6) is -2.42. The summed E-state index contributed by atoms with van der Waals surface area (Å²) >= 11 is 0. The highest BCUT2D eigenvalue weighted by Gasteiger charge is 2.46. The van der Waals surface area contributed by atoms with E-state index in [0.717, 1.165) is 24.6 Å². The van der Waals surface area contributed by atoms with Gasteiger partial charge in [0, 0.05) is 11.8 Å². The van der Waals surface area contributed by atoms with Crippen molar-refractivity contribution in [2.45, 2.75) is 31.5 Å². The fourth-order valence-corrected chi connectivity index (χ4v) is 4.94. The number of sulfonamides is 1. The van der Waals surface area contributed by atoms with Gasteiger partial charge in [0.05, 0.1) is 17.9 Å². The van der Waals surface area contributed by atoms with Crippen molar-refractivity contribution in [2.75, 3.05) is 17.8 Å². The summed E-state index contributed by atoms with van der Waals surface area (Å²) in [4.78, 5) is 17.4. The lowest BCUT2D eigenvalue weighted by molar-refractivity contribution is -0.141. The minimum absolute atomic E-state index is 0.0998. The van der Waals surface area contributed by atoms with Crippen LogP contribution in [0.5, 0.6) is 0 Å². The zero-order valence-corrected chi connectivity index (χ0v) is 22.4. The molecule has 2 N–H and O–H groups in total. The highest BCUT2D eigenvalue weighted by molar-refractivity contribution is 7.92. The van der Waals surface area contributed by atoms with Crippen LogP contribution < -0.4 is 10.0 Å². The van der Waals surface area contributed by atoms with Gasteiger partial charge in [-0.15, -0.1) is 0 Å². The summed E-state index contributed by atoms with van der Waals surface area (Å²) in [6.07, 6.45) is -1.54. The molecular weight excluding hydrogens is 554 g/mol. The van der Waals surface area contributed by atoms with Crippen LogP contribution in [0.25, 0.3) is 0 Å². The highest BCUT2D eigenvalue weighted by atomic mass is 32.2. The van der Waals surface area contributed by atoms with E-state index in [-0.39, 0.29) is 29.4 Å². The van der Waals surface area contributed by atoms with Crippen LogP contribution in [0.3, 0.4) is 0 Å². The van der Waals surface area contributed by atoms with Crippen molar-refractivity contribution in [2.24, 2.45) is 0 Å². The number of carbonyl (C=O) groups excluding carboxylic acids is 1. The molecule has 1 aromatic heterocycles. The molecule has 2 unspecified atom stereocenters. The third-order valence-corrected chi connectivity index (χ3v) is 6.96. The number of carbonyl (C=O) groups is 1. The molecule has 0 radical (unpaired) electrons. The second-order valence-corrected chi connectivity index (χ2v) is 11.0.